The first-order valence-corrected chi connectivity index (χ1v) is 6.72. The number of rotatable bonds is 5. The van der Waals surface area contributed by atoms with Gasteiger partial charge in [0, 0.05) is 12.6 Å². The molecule has 0 aromatic rings. The number of hydrogen-bond donors (Lipinski definition) is 3. The Morgan fingerprint density at radius 2 is 1.94 bits per heavy atom. The zero-order valence-electron chi connectivity index (χ0n) is 11.2. The zero-order chi connectivity index (χ0) is 12.8. The van der Waals surface area contributed by atoms with Crippen molar-refractivity contribution in [1.82, 2.24) is 10.6 Å². The minimum atomic E-state index is -0.302. The lowest BCUT2D eigenvalue weighted by molar-refractivity contribution is -0.123. The molecule has 0 spiro atoms. The van der Waals surface area contributed by atoms with Crippen molar-refractivity contribution in [2.24, 2.45) is 5.92 Å². The number of amides is 1. The Kier molecular flexibility index (Phi) is 5.92. The normalized spacial score (nSPS) is 26.9. The molecule has 0 saturated heterocycles. The standard InChI is InChI=1S/C13H26N2O2/c1-9(2)8-14-13(17)10(3)15-11-6-4-5-7-12(11)16/h9-12,15-16H,4-8H2,1-3H3,(H,14,17). The van der Waals surface area contributed by atoms with Crippen LogP contribution >= 0.6 is 0 Å². The molecule has 0 radical (unpaired) electrons. The predicted molar refractivity (Wildman–Crippen MR) is 68.7 cm³/mol. The summed E-state index contributed by atoms with van der Waals surface area (Å²) >= 11 is 0. The van der Waals surface area contributed by atoms with Gasteiger partial charge in [-0.1, -0.05) is 26.7 Å². The second-order valence-corrected chi connectivity index (χ2v) is 5.49. The van der Waals surface area contributed by atoms with Gasteiger partial charge in [0.05, 0.1) is 12.1 Å². The average molecular weight is 242 g/mol. The molecular weight excluding hydrogens is 216 g/mol. The topological polar surface area (TPSA) is 61.4 Å². The Labute approximate surface area is 104 Å². The number of carbonyl (C=O) groups excluding carboxylic acids is 1. The lowest BCUT2D eigenvalue weighted by Gasteiger charge is -2.30. The first kappa shape index (κ1) is 14.5. The molecule has 0 heterocycles. The van der Waals surface area contributed by atoms with E-state index in [1.54, 1.807) is 0 Å². The maximum absolute atomic E-state index is 11.8. The smallest absolute Gasteiger partial charge is 0.236 e. The summed E-state index contributed by atoms with van der Waals surface area (Å²) in [7, 11) is 0. The summed E-state index contributed by atoms with van der Waals surface area (Å²) in [5.74, 6) is 0.489. The molecule has 100 valence electrons. The largest absolute Gasteiger partial charge is 0.392 e. The van der Waals surface area contributed by atoms with E-state index in [2.05, 4.69) is 24.5 Å². The van der Waals surface area contributed by atoms with Crippen molar-refractivity contribution in [3.8, 4) is 0 Å². The number of aliphatic hydroxyl groups is 1. The Balaban J connectivity index is 2.31. The second kappa shape index (κ2) is 6.97. The lowest BCUT2D eigenvalue weighted by Crippen LogP contribution is -2.52. The van der Waals surface area contributed by atoms with Crippen molar-refractivity contribution in [3.05, 3.63) is 0 Å². The van der Waals surface area contributed by atoms with E-state index < -0.39 is 0 Å². The van der Waals surface area contributed by atoms with Crippen molar-refractivity contribution < 1.29 is 9.90 Å². The van der Waals surface area contributed by atoms with Crippen LogP contribution in [0.1, 0.15) is 46.5 Å². The maximum atomic E-state index is 11.8. The average Bonchev–Trinajstić information content (AvgIpc) is 2.28. The van der Waals surface area contributed by atoms with E-state index in [0.29, 0.717) is 12.5 Å². The van der Waals surface area contributed by atoms with Crippen LogP contribution < -0.4 is 10.6 Å². The van der Waals surface area contributed by atoms with E-state index in [9.17, 15) is 9.90 Å². The summed E-state index contributed by atoms with van der Waals surface area (Å²) in [4.78, 5) is 11.8. The van der Waals surface area contributed by atoms with Gasteiger partial charge in [-0.25, -0.2) is 0 Å². The Bertz CT molecular complexity index is 244. The molecule has 3 N–H and O–H groups in total. The summed E-state index contributed by atoms with van der Waals surface area (Å²) < 4.78 is 0. The molecular formula is C13H26N2O2. The van der Waals surface area contributed by atoms with Crippen molar-refractivity contribution in [2.75, 3.05) is 6.54 Å². The first-order valence-electron chi connectivity index (χ1n) is 6.72. The summed E-state index contributed by atoms with van der Waals surface area (Å²) in [6.07, 6.45) is 3.73. The van der Waals surface area contributed by atoms with Gasteiger partial charge < -0.3 is 15.7 Å². The van der Waals surface area contributed by atoms with Gasteiger partial charge in [-0.3, -0.25) is 4.79 Å². The Morgan fingerprint density at radius 1 is 1.29 bits per heavy atom. The molecule has 1 aliphatic rings. The highest BCUT2D eigenvalue weighted by atomic mass is 16.3. The van der Waals surface area contributed by atoms with Gasteiger partial charge in [0.1, 0.15) is 0 Å². The molecule has 0 aromatic heterocycles. The third-order valence-corrected chi connectivity index (χ3v) is 3.27. The molecule has 0 aromatic carbocycles. The molecule has 3 unspecified atom stereocenters. The maximum Gasteiger partial charge on any atom is 0.236 e. The molecule has 17 heavy (non-hydrogen) atoms. The Hall–Kier alpha value is -0.610. The highest BCUT2D eigenvalue weighted by Gasteiger charge is 2.26. The van der Waals surface area contributed by atoms with E-state index >= 15 is 0 Å². The first-order chi connectivity index (χ1) is 8.00. The van der Waals surface area contributed by atoms with Gasteiger partial charge in [0.15, 0.2) is 0 Å². The van der Waals surface area contributed by atoms with Gasteiger partial charge in [0.2, 0.25) is 5.91 Å². The fourth-order valence-corrected chi connectivity index (χ4v) is 2.16. The highest BCUT2D eigenvalue weighted by Crippen LogP contribution is 2.18. The van der Waals surface area contributed by atoms with E-state index in [1.165, 1.54) is 0 Å². The molecule has 3 atom stereocenters. The fraction of sp³-hybridized carbons (Fsp3) is 0.923. The molecule has 0 aliphatic heterocycles. The van der Waals surface area contributed by atoms with Crippen LogP contribution in [0.3, 0.4) is 0 Å². The van der Waals surface area contributed by atoms with E-state index in [4.69, 9.17) is 0 Å². The number of hydrogen-bond acceptors (Lipinski definition) is 3. The van der Waals surface area contributed by atoms with Gasteiger partial charge >= 0.3 is 0 Å². The monoisotopic (exact) mass is 242 g/mol. The summed E-state index contributed by atoms with van der Waals surface area (Å²) in [5.41, 5.74) is 0. The quantitative estimate of drug-likeness (QED) is 0.675. The summed E-state index contributed by atoms with van der Waals surface area (Å²) in [6.45, 7) is 6.71. The van der Waals surface area contributed by atoms with Crippen LogP contribution in [0.5, 0.6) is 0 Å². The van der Waals surface area contributed by atoms with Crippen LogP contribution in [-0.2, 0) is 4.79 Å². The van der Waals surface area contributed by atoms with Gasteiger partial charge in [0.25, 0.3) is 0 Å². The van der Waals surface area contributed by atoms with Crippen LogP contribution in [0.2, 0.25) is 0 Å². The lowest BCUT2D eigenvalue weighted by atomic mass is 9.92. The summed E-state index contributed by atoms with van der Waals surface area (Å²) in [6, 6.07) is -0.157. The molecule has 4 nitrogen and oxygen atoms in total. The predicted octanol–water partition coefficient (Wildman–Crippen LogP) is 1.04. The van der Waals surface area contributed by atoms with Crippen molar-refractivity contribution in [2.45, 2.75) is 64.6 Å². The van der Waals surface area contributed by atoms with Crippen LogP contribution in [0.25, 0.3) is 0 Å². The Morgan fingerprint density at radius 3 is 2.53 bits per heavy atom. The number of nitrogens with one attached hydrogen (secondary N) is 2. The SMILES string of the molecule is CC(C)CNC(=O)C(C)NC1CCCCC1O. The minimum absolute atomic E-state index is 0.0245. The number of aliphatic hydroxyl groups excluding tert-OH is 1. The third kappa shape index (κ3) is 5.04. The summed E-state index contributed by atoms with van der Waals surface area (Å²) in [5, 5.41) is 16.0. The zero-order valence-corrected chi connectivity index (χ0v) is 11.2. The third-order valence-electron chi connectivity index (χ3n) is 3.27. The van der Waals surface area contributed by atoms with Gasteiger partial charge in [-0.05, 0) is 25.7 Å². The molecule has 1 aliphatic carbocycles. The molecule has 4 heteroatoms. The number of carbonyl (C=O) groups is 1. The van der Waals surface area contributed by atoms with Gasteiger partial charge in [-0.15, -0.1) is 0 Å². The molecule has 1 saturated carbocycles. The van der Waals surface area contributed by atoms with Crippen LogP contribution in [-0.4, -0.2) is 35.7 Å². The van der Waals surface area contributed by atoms with Crippen molar-refractivity contribution in [3.63, 3.8) is 0 Å². The van der Waals surface area contributed by atoms with Crippen LogP contribution in [0.4, 0.5) is 0 Å². The van der Waals surface area contributed by atoms with E-state index in [0.717, 1.165) is 25.7 Å². The molecule has 0 bridgehead atoms. The molecule has 1 amide bonds. The van der Waals surface area contributed by atoms with Crippen LogP contribution in [0.15, 0.2) is 0 Å². The van der Waals surface area contributed by atoms with Gasteiger partial charge in [-0.2, -0.15) is 0 Å². The highest BCUT2D eigenvalue weighted by molar-refractivity contribution is 5.81. The molecule has 1 fully saturated rings. The van der Waals surface area contributed by atoms with Crippen LogP contribution in [0, 0.1) is 5.92 Å². The molecule has 1 rings (SSSR count). The van der Waals surface area contributed by atoms with Crippen molar-refractivity contribution in [1.29, 1.82) is 0 Å². The van der Waals surface area contributed by atoms with E-state index in [1.807, 2.05) is 6.92 Å². The van der Waals surface area contributed by atoms with E-state index in [-0.39, 0.29) is 24.1 Å². The minimum Gasteiger partial charge on any atom is -0.392 e. The second-order valence-electron chi connectivity index (χ2n) is 5.49. The fourth-order valence-electron chi connectivity index (χ4n) is 2.16. The van der Waals surface area contributed by atoms with Crippen molar-refractivity contribution >= 4 is 5.91 Å².